The number of nitrogens with one attached hydrogen (secondary N) is 3. The second-order valence-electron chi connectivity index (χ2n) is 6.29. The van der Waals surface area contributed by atoms with Gasteiger partial charge in [0.15, 0.2) is 0 Å². The highest BCUT2D eigenvalue weighted by Crippen LogP contribution is 2.15. The maximum Gasteiger partial charge on any atom is 0.319 e. The van der Waals surface area contributed by atoms with Crippen LogP contribution < -0.4 is 16.0 Å². The van der Waals surface area contributed by atoms with Crippen molar-refractivity contribution in [1.29, 1.82) is 0 Å². The van der Waals surface area contributed by atoms with Gasteiger partial charge in [-0.3, -0.25) is 4.79 Å². The summed E-state index contributed by atoms with van der Waals surface area (Å²) in [6.45, 7) is 3.77. The average Bonchev–Trinajstić information content (AvgIpc) is 3.14. The number of nitrogens with zero attached hydrogens (tertiary/aromatic N) is 2. The number of urea groups is 1. The first-order chi connectivity index (χ1) is 13.0. The van der Waals surface area contributed by atoms with Crippen LogP contribution in [0.2, 0.25) is 0 Å². The van der Waals surface area contributed by atoms with Crippen LogP contribution in [0.4, 0.5) is 16.2 Å². The van der Waals surface area contributed by atoms with E-state index in [2.05, 4.69) is 21.0 Å². The van der Waals surface area contributed by atoms with Gasteiger partial charge in [0.2, 0.25) is 0 Å². The molecule has 3 amide bonds. The van der Waals surface area contributed by atoms with Crippen LogP contribution in [0.25, 0.3) is 5.69 Å². The van der Waals surface area contributed by atoms with Crippen LogP contribution in [0.1, 0.15) is 24.2 Å². The van der Waals surface area contributed by atoms with Crippen molar-refractivity contribution in [3.63, 3.8) is 0 Å². The number of aromatic nitrogens is 2. The van der Waals surface area contributed by atoms with Crippen molar-refractivity contribution in [2.75, 3.05) is 10.6 Å². The Kier molecular flexibility index (Phi) is 5.51. The molecule has 0 bridgehead atoms. The number of hydrogen-bond acceptors (Lipinski definition) is 3. The monoisotopic (exact) mass is 363 g/mol. The van der Waals surface area contributed by atoms with Gasteiger partial charge in [-0.05, 0) is 50.2 Å². The molecule has 0 spiro atoms. The smallest absolute Gasteiger partial charge is 0.319 e. The molecule has 0 aliphatic carbocycles. The molecule has 2 aromatic carbocycles. The summed E-state index contributed by atoms with van der Waals surface area (Å²) in [6.07, 6.45) is 3.20. The molecule has 7 heteroatoms. The van der Waals surface area contributed by atoms with Gasteiger partial charge in [0.1, 0.15) is 0 Å². The van der Waals surface area contributed by atoms with Gasteiger partial charge >= 0.3 is 6.03 Å². The third-order valence-electron chi connectivity index (χ3n) is 3.69. The van der Waals surface area contributed by atoms with Crippen LogP contribution in [0.15, 0.2) is 67.0 Å². The fourth-order valence-electron chi connectivity index (χ4n) is 2.43. The summed E-state index contributed by atoms with van der Waals surface area (Å²) in [5, 5.41) is 12.5. The Morgan fingerprint density at radius 2 is 1.56 bits per heavy atom. The fraction of sp³-hybridized carbons (Fsp3) is 0.150. The molecule has 7 nitrogen and oxygen atoms in total. The first-order valence-corrected chi connectivity index (χ1v) is 8.60. The van der Waals surface area contributed by atoms with E-state index in [9.17, 15) is 9.59 Å². The highest BCUT2D eigenvalue weighted by atomic mass is 16.2. The Balaban J connectivity index is 1.61. The van der Waals surface area contributed by atoms with E-state index in [1.165, 1.54) is 6.20 Å². The molecule has 0 radical (unpaired) electrons. The zero-order valence-corrected chi connectivity index (χ0v) is 15.1. The van der Waals surface area contributed by atoms with Crippen molar-refractivity contribution in [3.8, 4) is 5.69 Å². The van der Waals surface area contributed by atoms with E-state index in [0.29, 0.717) is 16.9 Å². The van der Waals surface area contributed by atoms with Gasteiger partial charge in [0.05, 0.1) is 17.4 Å². The molecule has 0 fully saturated rings. The molecular formula is C20H21N5O2. The Morgan fingerprint density at radius 3 is 2.19 bits per heavy atom. The molecule has 0 atom stereocenters. The van der Waals surface area contributed by atoms with Gasteiger partial charge in [-0.25, -0.2) is 9.48 Å². The maximum atomic E-state index is 12.4. The van der Waals surface area contributed by atoms with E-state index in [4.69, 9.17) is 0 Å². The van der Waals surface area contributed by atoms with Gasteiger partial charge in [0.25, 0.3) is 5.91 Å². The highest BCUT2D eigenvalue weighted by Gasteiger charge is 2.10. The molecule has 1 heterocycles. The summed E-state index contributed by atoms with van der Waals surface area (Å²) in [5.41, 5.74) is 2.61. The number of benzene rings is 2. The van der Waals surface area contributed by atoms with Crippen molar-refractivity contribution in [1.82, 2.24) is 15.1 Å². The second kappa shape index (κ2) is 8.18. The molecule has 3 N–H and O–H groups in total. The van der Waals surface area contributed by atoms with Crippen LogP contribution in [0, 0.1) is 0 Å². The fourth-order valence-corrected chi connectivity index (χ4v) is 2.43. The SMILES string of the molecule is CC(C)NC(=O)Nc1ccc(NC(=O)c2cnn(-c3ccccc3)c2)cc1. The summed E-state index contributed by atoms with van der Waals surface area (Å²) in [4.78, 5) is 24.1. The van der Waals surface area contributed by atoms with Crippen molar-refractivity contribution >= 4 is 23.3 Å². The molecule has 0 unspecified atom stereocenters. The van der Waals surface area contributed by atoms with Crippen LogP contribution in [-0.4, -0.2) is 27.8 Å². The maximum absolute atomic E-state index is 12.4. The average molecular weight is 363 g/mol. The summed E-state index contributed by atoms with van der Waals surface area (Å²) in [7, 11) is 0. The number of rotatable bonds is 5. The molecule has 0 saturated heterocycles. The number of carbonyl (C=O) groups excluding carboxylic acids is 2. The zero-order valence-electron chi connectivity index (χ0n) is 15.1. The molecule has 3 rings (SSSR count). The summed E-state index contributed by atoms with van der Waals surface area (Å²) in [6, 6.07) is 16.3. The minimum absolute atomic E-state index is 0.0559. The lowest BCUT2D eigenvalue weighted by Gasteiger charge is -2.10. The predicted molar refractivity (Wildman–Crippen MR) is 105 cm³/mol. The van der Waals surface area contributed by atoms with E-state index in [1.54, 1.807) is 35.1 Å². The third-order valence-corrected chi connectivity index (χ3v) is 3.69. The van der Waals surface area contributed by atoms with Gasteiger partial charge in [0, 0.05) is 23.6 Å². The van der Waals surface area contributed by atoms with Crippen molar-refractivity contribution in [2.45, 2.75) is 19.9 Å². The number of carbonyl (C=O) groups is 2. The first-order valence-electron chi connectivity index (χ1n) is 8.60. The molecule has 0 aliphatic heterocycles. The van der Waals surface area contributed by atoms with Crippen molar-refractivity contribution in [2.24, 2.45) is 0 Å². The highest BCUT2D eigenvalue weighted by molar-refractivity contribution is 6.04. The lowest BCUT2D eigenvalue weighted by atomic mass is 10.2. The topological polar surface area (TPSA) is 88.1 Å². The second-order valence-corrected chi connectivity index (χ2v) is 6.29. The van der Waals surface area contributed by atoms with Gasteiger partial charge < -0.3 is 16.0 Å². The lowest BCUT2D eigenvalue weighted by molar-refractivity contribution is 0.102. The minimum atomic E-state index is -0.268. The number of hydrogen-bond donors (Lipinski definition) is 3. The van der Waals surface area contributed by atoms with E-state index >= 15 is 0 Å². The molecule has 0 saturated carbocycles. The number of para-hydroxylation sites is 1. The van der Waals surface area contributed by atoms with Crippen molar-refractivity contribution < 1.29 is 9.59 Å². The van der Waals surface area contributed by atoms with Gasteiger partial charge in [-0.1, -0.05) is 18.2 Å². The minimum Gasteiger partial charge on any atom is -0.336 e. The van der Waals surface area contributed by atoms with Gasteiger partial charge in [-0.15, -0.1) is 0 Å². The summed E-state index contributed by atoms with van der Waals surface area (Å²) < 4.78 is 1.65. The first kappa shape index (κ1) is 18.2. The normalized spacial score (nSPS) is 10.5. The summed E-state index contributed by atoms with van der Waals surface area (Å²) >= 11 is 0. The standard InChI is InChI=1S/C20H21N5O2/c1-14(2)22-20(27)24-17-10-8-16(9-11-17)23-19(26)15-12-21-25(13-15)18-6-4-3-5-7-18/h3-14H,1-2H3,(H,23,26)(H2,22,24,27). The van der Waals surface area contributed by atoms with Crippen LogP contribution in [0.3, 0.4) is 0 Å². The molecular weight excluding hydrogens is 342 g/mol. The number of anilines is 2. The van der Waals surface area contributed by atoms with Crippen LogP contribution >= 0.6 is 0 Å². The molecule has 1 aromatic heterocycles. The molecule has 27 heavy (non-hydrogen) atoms. The molecule has 3 aromatic rings. The van der Waals surface area contributed by atoms with E-state index in [-0.39, 0.29) is 18.0 Å². The summed E-state index contributed by atoms with van der Waals surface area (Å²) in [5.74, 6) is -0.254. The number of amides is 3. The lowest BCUT2D eigenvalue weighted by Crippen LogP contribution is -2.34. The van der Waals surface area contributed by atoms with E-state index in [1.807, 2.05) is 44.2 Å². The van der Waals surface area contributed by atoms with Crippen LogP contribution in [0.5, 0.6) is 0 Å². The van der Waals surface area contributed by atoms with E-state index < -0.39 is 0 Å². The molecule has 0 aliphatic rings. The van der Waals surface area contributed by atoms with Gasteiger partial charge in [-0.2, -0.15) is 5.10 Å². The Hall–Kier alpha value is -3.61. The van der Waals surface area contributed by atoms with Crippen molar-refractivity contribution in [3.05, 3.63) is 72.6 Å². The Bertz CT molecular complexity index is 917. The predicted octanol–water partition coefficient (Wildman–Crippen LogP) is 3.65. The zero-order chi connectivity index (χ0) is 19.2. The largest absolute Gasteiger partial charge is 0.336 e. The van der Waals surface area contributed by atoms with Crippen LogP contribution in [-0.2, 0) is 0 Å². The third kappa shape index (κ3) is 4.94. The van der Waals surface area contributed by atoms with E-state index in [0.717, 1.165) is 5.69 Å². The Morgan fingerprint density at radius 1 is 0.926 bits per heavy atom. The Labute approximate surface area is 157 Å². The molecule has 138 valence electrons. The quantitative estimate of drug-likeness (QED) is 0.646.